The van der Waals surface area contributed by atoms with Crippen LogP contribution in [0.4, 0.5) is 0 Å². The molecule has 0 atom stereocenters. The maximum absolute atomic E-state index is 12.4. The topological polar surface area (TPSA) is 102 Å². The molecule has 33 heavy (non-hydrogen) atoms. The third kappa shape index (κ3) is 6.95. The molecule has 3 aromatic rings. The van der Waals surface area contributed by atoms with Gasteiger partial charge >= 0.3 is 0 Å². The lowest BCUT2D eigenvalue weighted by Crippen LogP contribution is -2.42. The molecule has 0 spiro atoms. The molecule has 2 aromatic carbocycles. The molecule has 9 heteroatoms. The Hall–Kier alpha value is -3.59. The normalized spacial score (nSPS) is 10.4. The van der Waals surface area contributed by atoms with E-state index in [1.54, 1.807) is 37.4 Å². The Labute approximate surface area is 197 Å². The van der Waals surface area contributed by atoms with Crippen LogP contribution >= 0.6 is 11.8 Å². The maximum atomic E-state index is 12.4. The van der Waals surface area contributed by atoms with Gasteiger partial charge in [0.2, 0.25) is 5.91 Å². The van der Waals surface area contributed by atoms with Gasteiger partial charge in [0.05, 0.1) is 20.6 Å². The summed E-state index contributed by atoms with van der Waals surface area (Å²) in [5.41, 5.74) is 8.96. The number of ether oxygens (including phenoxy) is 2. The Morgan fingerprint density at radius 2 is 1.48 bits per heavy atom. The summed E-state index contributed by atoms with van der Waals surface area (Å²) in [6, 6.07) is 14.3. The van der Waals surface area contributed by atoms with E-state index in [0.717, 1.165) is 27.7 Å². The largest absolute Gasteiger partial charge is 0.493 e. The Balaban J connectivity index is 1.49. The minimum atomic E-state index is -0.396. The minimum absolute atomic E-state index is 0.0807. The van der Waals surface area contributed by atoms with Gasteiger partial charge in [0, 0.05) is 22.7 Å². The van der Waals surface area contributed by atoms with E-state index < -0.39 is 5.91 Å². The second-order valence-electron chi connectivity index (χ2n) is 7.29. The first kappa shape index (κ1) is 24.1. The summed E-state index contributed by atoms with van der Waals surface area (Å²) < 4.78 is 10.4. The number of benzene rings is 2. The number of aromatic nitrogens is 2. The van der Waals surface area contributed by atoms with Crippen molar-refractivity contribution in [1.82, 2.24) is 20.8 Å². The molecule has 2 amide bonds. The van der Waals surface area contributed by atoms with Crippen molar-refractivity contribution >= 4 is 23.6 Å². The summed E-state index contributed by atoms with van der Waals surface area (Å²) in [4.78, 5) is 33.4. The number of aryl methyl sites for hydroxylation is 2. The molecule has 3 rings (SSSR count). The van der Waals surface area contributed by atoms with Crippen LogP contribution in [0.3, 0.4) is 0 Å². The van der Waals surface area contributed by atoms with E-state index in [2.05, 4.69) is 20.8 Å². The lowest BCUT2D eigenvalue weighted by Gasteiger charge is -2.10. The Morgan fingerprint density at radius 3 is 2.12 bits per heavy atom. The smallest absolute Gasteiger partial charge is 0.269 e. The maximum Gasteiger partial charge on any atom is 0.269 e. The molecule has 0 radical (unpaired) electrons. The highest BCUT2D eigenvalue weighted by atomic mass is 32.2. The monoisotopic (exact) mass is 466 g/mol. The van der Waals surface area contributed by atoms with Gasteiger partial charge in [-0.05, 0) is 55.3 Å². The molecule has 172 valence electrons. The number of rotatable bonds is 8. The second kappa shape index (κ2) is 11.3. The van der Waals surface area contributed by atoms with E-state index in [4.69, 9.17) is 9.47 Å². The highest BCUT2D eigenvalue weighted by Crippen LogP contribution is 2.27. The van der Waals surface area contributed by atoms with Gasteiger partial charge in [-0.1, -0.05) is 30.0 Å². The van der Waals surface area contributed by atoms with Crippen molar-refractivity contribution in [3.05, 3.63) is 76.6 Å². The molecule has 2 N–H and O–H groups in total. The Kier molecular flexibility index (Phi) is 8.26. The number of carbonyl (C=O) groups excluding carboxylic acids is 2. The van der Waals surface area contributed by atoms with Crippen molar-refractivity contribution in [3.63, 3.8) is 0 Å². The summed E-state index contributed by atoms with van der Waals surface area (Å²) in [5.74, 6) is 1.06. The fraction of sp³-hybridized carbons (Fsp3) is 0.250. The summed E-state index contributed by atoms with van der Waals surface area (Å²) in [6.07, 6.45) is 0.0807. The van der Waals surface area contributed by atoms with E-state index in [-0.39, 0.29) is 12.3 Å². The molecule has 1 aromatic heterocycles. The van der Waals surface area contributed by atoms with Crippen molar-refractivity contribution in [2.24, 2.45) is 0 Å². The molecule has 0 aliphatic rings. The molecular weight excluding hydrogens is 440 g/mol. The highest BCUT2D eigenvalue weighted by molar-refractivity contribution is 7.98. The van der Waals surface area contributed by atoms with Crippen molar-refractivity contribution < 1.29 is 19.1 Å². The van der Waals surface area contributed by atoms with E-state index in [1.165, 1.54) is 18.9 Å². The van der Waals surface area contributed by atoms with Gasteiger partial charge in [-0.2, -0.15) is 0 Å². The number of hydrazine groups is 1. The zero-order chi connectivity index (χ0) is 23.8. The third-order valence-corrected chi connectivity index (χ3v) is 5.59. The van der Waals surface area contributed by atoms with Crippen LogP contribution < -0.4 is 20.3 Å². The zero-order valence-corrected chi connectivity index (χ0v) is 19.8. The van der Waals surface area contributed by atoms with Crippen LogP contribution in [0, 0.1) is 13.8 Å². The van der Waals surface area contributed by atoms with Crippen LogP contribution in [0.25, 0.3) is 0 Å². The number of amides is 2. The van der Waals surface area contributed by atoms with Crippen LogP contribution in [-0.4, -0.2) is 36.0 Å². The van der Waals surface area contributed by atoms with Crippen LogP contribution in [0.15, 0.2) is 53.7 Å². The summed E-state index contributed by atoms with van der Waals surface area (Å²) in [5, 5.41) is 0.728. The first-order valence-corrected chi connectivity index (χ1v) is 11.2. The summed E-state index contributed by atoms with van der Waals surface area (Å²) in [6.45, 7) is 3.89. The van der Waals surface area contributed by atoms with Gasteiger partial charge in [0.15, 0.2) is 16.7 Å². The summed E-state index contributed by atoms with van der Waals surface area (Å²) >= 11 is 1.54. The zero-order valence-electron chi connectivity index (χ0n) is 19.0. The predicted molar refractivity (Wildman–Crippen MR) is 126 cm³/mol. The molecule has 8 nitrogen and oxygen atoms in total. The van der Waals surface area contributed by atoms with Crippen LogP contribution in [0.1, 0.15) is 32.9 Å². The van der Waals surface area contributed by atoms with E-state index >= 15 is 0 Å². The van der Waals surface area contributed by atoms with Gasteiger partial charge in [0.25, 0.3) is 5.91 Å². The Bertz CT molecular complexity index is 1120. The van der Waals surface area contributed by atoms with Crippen molar-refractivity contribution in [3.8, 4) is 11.5 Å². The average Bonchev–Trinajstić information content (AvgIpc) is 2.81. The van der Waals surface area contributed by atoms with E-state index in [9.17, 15) is 9.59 Å². The van der Waals surface area contributed by atoms with Gasteiger partial charge in [-0.15, -0.1) is 0 Å². The second-order valence-corrected chi connectivity index (χ2v) is 8.23. The van der Waals surface area contributed by atoms with Crippen molar-refractivity contribution in [1.29, 1.82) is 0 Å². The van der Waals surface area contributed by atoms with Gasteiger partial charge in [0.1, 0.15) is 0 Å². The number of carbonyl (C=O) groups is 2. The lowest BCUT2D eigenvalue weighted by atomic mass is 10.1. The average molecular weight is 467 g/mol. The van der Waals surface area contributed by atoms with Crippen molar-refractivity contribution in [2.75, 3.05) is 14.2 Å². The fourth-order valence-electron chi connectivity index (χ4n) is 3.08. The minimum Gasteiger partial charge on any atom is -0.493 e. The quantitative estimate of drug-likeness (QED) is 0.298. The molecule has 0 bridgehead atoms. The standard InChI is InChI=1S/C24H26N4O4S/c1-15-11-16(2)26-24(25-15)33-14-17-5-8-19(9-6-17)23(30)28-27-22(29)13-18-7-10-20(31-3)21(12-18)32-4/h5-12H,13-14H2,1-4H3,(H,27,29)(H,28,30). The molecule has 0 unspecified atom stereocenters. The van der Waals surface area contributed by atoms with Gasteiger partial charge < -0.3 is 9.47 Å². The Morgan fingerprint density at radius 1 is 0.848 bits per heavy atom. The third-order valence-electron chi connectivity index (χ3n) is 4.67. The predicted octanol–water partition coefficient (Wildman–Crippen LogP) is 3.41. The van der Waals surface area contributed by atoms with Crippen LogP contribution in [-0.2, 0) is 17.0 Å². The molecule has 0 aliphatic carbocycles. The number of methoxy groups -OCH3 is 2. The number of thioether (sulfide) groups is 1. The van der Waals surface area contributed by atoms with E-state index in [0.29, 0.717) is 22.8 Å². The highest BCUT2D eigenvalue weighted by Gasteiger charge is 2.11. The van der Waals surface area contributed by atoms with Crippen LogP contribution in [0.2, 0.25) is 0 Å². The molecular formula is C24H26N4O4S. The fourth-order valence-corrected chi connectivity index (χ4v) is 3.98. The number of hydrogen-bond acceptors (Lipinski definition) is 7. The van der Waals surface area contributed by atoms with Gasteiger partial charge in [-0.3, -0.25) is 20.4 Å². The van der Waals surface area contributed by atoms with Crippen LogP contribution in [0.5, 0.6) is 11.5 Å². The first-order chi connectivity index (χ1) is 15.9. The molecule has 0 saturated heterocycles. The number of nitrogens with zero attached hydrogens (tertiary/aromatic N) is 2. The molecule has 0 aliphatic heterocycles. The SMILES string of the molecule is COc1ccc(CC(=O)NNC(=O)c2ccc(CSc3nc(C)cc(C)n3)cc2)cc1OC. The molecule has 0 fully saturated rings. The first-order valence-electron chi connectivity index (χ1n) is 10.2. The molecule has 1 heterocycles. The van der Waals surface area contributed by atoms with Crippen molar-refractivity contribution in [2.45, 2.75) is 31.2 Å². The molecule has 0 saturated carbocycles. The number of hydrogen-bond donors (Lipinski definition) is 2. The summed E-state index contributed by atoms with van der Waals surface area (Å²) in [7, 11) is 3.08. The van der Waals surface area contributed by atoms with Gasteiger partial charge in [-0.25, -0.2) is 9.97 Å². The van der Waals surface area contributed by atoms with E-state index in [1.807, 2.05) is 32.0 Å². The lowest BCUT2D eigenvalue weighted by molar-refractivity contribution is -0.121. The number of nitrogens with one attached hydrogen (secondary N) is 2.